The Bertz CT molecular complexity index is 1030. The van der Waals surface area contributed by atoms with Crippen molar-refractivity contribution in [3.63, 3.8) is 0 Å². The Balaban J connectivity index is 1.73. The predicted molar refractivity (Wildman–Crippen MR) is 137 cm³/mol. The zero-order chi connectivity index (χ0) is 24.8. The summed E-state index contributed by atoms with van der Waals surface area (Å²) >= 11 is 3.46. The first-order valence-corrected chi connectivity index (χ1v) is 12.9. The fraction of sp³-hybridized carbons (Fsp3) is 0.464. The molecule has 2 aromatic rings. The number of nitriles is 1. The third-order valence-corrected chi connectivity index (χ3v) is 8.05. The molecular weight excluding hydrogens is 490 g/mol. The lowest BCUT2D eigenvalue weighted by Crippen LogP contribution is -2.59. The number of unbranched alkanes of at least 4 members (excludes halogenated alkanes) is 1. The minimum atomic E-state index is -0.572. The van der Waals surface area contributed by atoms with E-state index in [4.69, 9.17) is 5.73 Å². The van der Waals surface area contributed by atoms with Gasteiger partial charge in [-0.25, -0.2) is 9.28 Å². The normalized spacial score (nSPS) is 21.7. The number of likely N-dealkylation sites (tertiary alicyclic amines) is 1. The summed E-state index contributed by atoms with van der Waals surface area (Å²) in [6.07, 6.45) is 4.00. The van der Waals surface area contributed by atoms with Gasteiger partial charge in [-0.2, -0.15) is 5.26 Å². The predicted octanol–water partition coefficient (Wildman–Crippen LogP) is 5.62. The Morgan fingerprint density at radius 3 is 2.41 bits per heavy atom. The highest BCUT2D eigenvalue weighted by atomic mass is 79.9. The van der Waals surface area contributed by atoms with Gasteiger partial charge in [-0.05, 0) is 36.5 Å². The SMILES string of the molecule is CC(C)[C@@](C#N)(CCCCC(=O)[N@@+]1(Cc2ccc(Br)cc2)CCCC1C(N)=O)c1ccccc1. The van der Waals surface area contributed by atoms with E-state index in [2.05, 4.69) is 35.8 Å². The molecule has 5 nitrogen and oxygen atoms in total. The molecule has 6 heteroatoms. The quantitative estimate of drug-likeness (QED) is 0.323. The number of amides is 2. The molecule has 1 unspecified atom stereocenters. The second-order valence-corrected chi connectivity index (χ2v) is 10.7. The van der Waals surface area contributed by atoms with Crippen LogP contribution in [0.15, 0.2) is 59.1 Å². The molecule has 3 rings (SSSR count). The molecule has 1 saturated heterocycles. The van der Waals surface area contributed by atoms with Crippen LogP contribution in [0.1, 0.15) is 63.5 Å². The number of hydrogen-bond donors (Lipinski definition) is 1. The van der Waals surface area contributed by atoms with E-state index in [0.717, 1.165) is 28.4 Å². The van der Waals surface area contributed by atoms with Crippen LogP contribution in [0.4, 0.5) is 0 Å². The van der Waals surface area contributed by atoms with E-state index >= 15 is 0 Å². The molecule has 1 aliphatic heterocycles. The summed E-state index contributed by atoms with van der Waals surface area (Å²) in [4.78, 5) is 26.0. The minimum Gasteiger partial charge on any atom is -0.364 e. The molecule has 0 spiro atoms. The largest absolute Gasteiger partial charge is 0.364 e. The van der Waals surface area contributed by atoms with Crippen molar-refractivity contribution >= 4 is 27.7 Å². The topological polar surface area (TPSA) is 83.9 Å². The molecule has 2 amide bonds. The van der Waals surface area contributed by atoms with E-state index in [1.807, 2.05) is 54.6 Å². The van der Waals surface area contributed by atoms with Gasteiger partial charge < -0.3 is 5.73 Å². The van der Waals surface area contributed by atoms with Gasteiger partial charge in [0.15, 0.2) is 6.04 Å². The van der Waals surface area contributed by atoms with Crippen LogP contribution in [0.25, 0.3) is 0 Å². The lowest BCUT2D eigenvalue weighted by atomic mass is 9.69. The van der Waals surface area contributed by atoms with E-state index in [-0.39, 0.29) is 16.3 Å². The molecule has 34 heavy (non-hydrogen) atoms. The van der Waals surface area contributed by atoms with Crippen LogP contribution in [-0.2, 0) is 21.5 Å². The Labute approximate surface area is 211 Å². The third-order valence-electron chi connectivity index (χ3n) is 7.52. The van der Waals surface area contributed by atoms with Crippen molar-refractivity contribution in [2.45, 2.75) is 70.4 Å². The summed E-state index contributed by atoms with van der Waals surface area (Å²) in [6, 6.07) is 20.0. The summed E-state index contributed by atoms with van der Waals surface area (Å²) in [6.45, 7) is 5.29. The number of nitrogens with zero attached hydrogens (tertiary/aromatic N) is 2. The zero-order valence-corrected chi connectivity index (χ0v) is 21.8. The Morgan fingerprint density at radius 2 is 1.82 bits per heavy atom. The Kier molecular flexibility index (Phi) is 8.67. The molecule has 180 valence electrons. The van der Waals surface area contributed by atoms with Crippen LogP contribution in [0, 0.1) is 17.2 Å². The van der Waals surface area contributed by atoms with E-state index in [0.29, 0.717) is 38.8 Å². The molecule has 0 bridgehead atoms. The minimum absolute atomic E-state index is 0.0797. The zero-order valence-electron chi connectivity index (χ0n) is 20.2. The Hall–Kier alpha value is -2.49. The number of nitrogens with two attached hydrogens (primary N) is 1. The summed E-state index contributed by atoms with van der Waals surface area (Å²) in [5, 5.41) is 10.1. The van der Waals surface area contributed by atoms with Crippen LogP contribution < -0.4 is 5.73 Å². The van der Waals surface area contributed by atoms with Gasteiger partial charge in [0.05, 0.1) is 24.4 Å². The van der Waals surface area contributed by atoms with E-state index in [1.165, 1.54) is 0 Å². The highest BCUT2D eigenvalue weighted by molar-refractivity contribution is 9.10. The molecule has 0 aliphatic carbocycles. The summed E-state index contributed by atoms with van der Waals surface area (Å²) < 4.78 is 1.09. The van der Waals surface area contributed by atoms with Gasteiger partial charge in [0.1, 0.15) is 6.54 Å². The van der Waals surface area contributed by atoms with Crippen molar-refractivity contribution in [2.24, 2.45) is 11.7 Å². The first-order valence-electron chi connectivity index (χ1n) is 12.2. The van der Waals surface area contributed by atoms with Crippen LogP contribution in [0.5, 0.6) is 0 Å². The fourth-order valence-corrected chi connectivity index (χ4v) is 5.77. The van der Waals surface area contributed by atoms with Crippen LogP contribution in [-0.4, -0.2) is 28.9 Å². The lowest BCUT2D eigenvalue weighted by molar-refractivity contribution is -0.871. The second kappa shape index (κ2) is 11.3. The number of halogens is 1. The number of quaternary nitrogens is 1. The van der Waals surface area contributed by atoms with Gasteiger partial charge in [0.2, 0.25) is 0 Å². The highest BCUT2D eigenvalue weighted by Crippen LogP contribution is 2.38. The van der Waals surface area contributed by atoms with Crippen molar-refractivity contribution in [2.75, 3.05) is 6.54 Å². The fourth-order valence-electron chi connectivity index (χ4n) is 5.50. The van der Waals surface area contributed by atoms with Crippen LogP contribution in [0.2, 0.25) is 0 Å². The van der Waals surface area contributed by atoms with Crippen molar-refractivity contribution in [1.29, 1.82) is 5.26 Å². The van der Waals surface area contributed by atoms with Crippen LogP contribution >= 0.6 is 15.9 Å². The molecular formula is C28H35BrN3O2+. The number of primary amides is 1. The summed E-state index contributed by atoms with van der Waals surface area (Å²) in [7, 11) is 0. The van der Waals surface area contributed by atoms with Crippen molar-refractivity contribution < 1.29 is 14.1 Å². The molecule has 2 N–H and O–H groups in total. The van der Waals surface area contributed by atoms with Gasteiger partial charge in [-0.15, -0.1) is 0 Å². The van der Waals surface area contributed by atoms with Gasteiger partial charge in [-0.3, -0.25) is 4.79 Å². The molecule has 1 aliphatic rings. The second-order valence-electron chi connectivity index (χ2n) is 9.81. The molecule has 3 atom stereocenters. The number of carbonyl (C=O) groups is 2. The number of carbonyl (C=O) groups excluding carboxylic acids is 2. The summed E-state index contributed by atoms with van der Waals surface area (Å²) in [5.41, 5.74) is 7.25. The molecule has 2 aromatic carbocycles. The first kappa shape index (κ1) is 26.1. The maximum Gasteiger partial charge on any atom is 0.314 e. The van der Waals surface area contributed by atoms with E-state index in [9.17, 15) is 14.9 Å². The highest BCUT2D eigenvalue weighted by Gasteiger charge is 2.50. The van der Waals surface area contributed by atoms with Gasteiger partial charge in [0.25, 0.3) is 5.91 Å². The molecule has 0 aromatic heterocycles. The average molecular weight is 526 g/mol. The maximum absolute atomic E-state index is 13.6. The lowest BCUT2D eigenvalue weighted by Gasteiger charge is -2.36. The van der Waals surface area contributed by atoms with Gasteiger partial charge >= 0.3 is 5.91 Å². The molecule has 0 saturated carbocycles. The Morgan fingerprint density at radius 1 is 1.15 bits per heavy atom. The standard InChI is InChI=1S/C28H34BrN3O2/c1-21(2)28(20-30,23-9-4-3-5-10-23)17-7-6-12-26(33)32(18-8-11-25(32)27(31)34)19-22-13-15-24(29)16-14-22/h3-5,9-10,13-16,21,25H,6-8,11-12,17-19H2,1-2H3,(H-,31,34)/p+1/t25?,28-,32+/m0/s1. The maximum atomic E-state index is 13.6. The van der Waals surface area contributed by atoms with Gasteiger partial charge in [-0.1, -0.05) is 78.7 Å². The van der Waals surface area contributed by atoms with Crippen molar-refractivity contribution in [3.05, 3.63) is 70.2 Å². The van der Waals surface area contributed by atoms with E-state index < -0.39 is 17.4 Å². The van der Waals surface area contributed by atoms with Crippen molar-refractivity contribution in [3.8, 4) is 6.07 Å². The summed E-state index contributed by atoms with van der Waals surface area (Å²) in [5.74, 6) is -0.157. The molecule has 1 heterocycles. The number of hydrogen-bond acceptors (Lipinski definition) is 3. The van der Waals surface area contributed by atoms with E-state index in [1.54, 1.807) is 0 Å². The van der Waals surface area contributed by atoms with Gasteiger partial charge in [0, 0.05) is 22.9 Å². The van der Waals surface area contributed by atoms with Crippen molar-refractivity contribution in [1.82, 2.24) is 0 Å². The number of rotatable bonds is 10. The monoisotopic (exact) mass is 524 g/mol. The average Bonchev–Trinajstić information content (AvgIpc) is 3.26. The molecule has 0 radical (unpaired) electrons. The number of benzene rings is 2. The third kappa shape index (κ3) is 5.42. The molecule has 1 fully saturated rings. The first-order chi connectivity index (χ1) is 16.2. The van der Waals surface area contributed by atoms with Crippen LogP contribution in [0.3, 0.4) is 0 Å². The smallest absolute Gasteiger partial charge is 0.314 e.